The maximum Gasteiger partial charge on any atom is 0.326 e. The Hall–Kier alpha value is -2.67. The van der Waals surface area contributed by atoms with E-state index in [2.05, 4.69) is 10.4 Å². The fourth-order valence-electron chi connectivity index (χ4n) is 2.95. The summed E-state index contributed by atoms with van der Waals surface area (Å²) in [5.41, 5.74) is 2.29. The zero-order chi connectivity index (χ0) is 17.8. The number of aliphatic carboxylic acids is 1. The molecule has 2 unspecified atom stereocenters. The van der Waals surface area contributed by atoms with Crippen LogP contribution in [0.25, 0.3) is 5.69 Å². The van der Waals surface area contributed by atoms with Crippen LogP contribution in [0.3, 0.4) is 0 Å². The number of aryl methyl sites for hydroxylation is 1. The number of nitrogens with zero attached hydrogens (tertiary/aromatic N) is 2. The number of ether oxygens (including phenoxy) is 1. The Balaban J connectivity index is 1.70. The van der Waals surface area contributed by atoms with Crippen molar-refractivity contribution < 1.29 is 19.4 Å². The molecule has 25 heavy (non-hydrogen) atoms. The number of carboxylic acids is 1. The van der Waals surface area contributed by atoms with E-state index in [1.807, 2.05) is 13.1 Å². The van der Waals surface area contributed by atoms with Gasteiger partial charge in [-0.05, 0) is 49.6 Å². The molecule has 1 saturated heterocycles. The van der Waals surface area contributed by atoms with Gasteiger partial charge in [-0.15, -0.1) is 0 Å². The van der Waals surface area contributed by atoms with Gasteiger partial charge in [0.15, 0.2) is 0 Å². The molecule has 2 atom stereocenters. The molecule has 7 nitrogen and oxygen atoms in total. The second kappa shape index (κ2) is 7.48. The molecule has 7 heteroatoms. The Morgan fingerprint density at radius 3 is 2.68 bits per heavy atom. The van der Waals surface area contributed by atoms with E-state index >= 15 is 0 Å². The standard InChI is InChI=1S/C18H21N3O4/c1-12-9-19-21(10-12)15-6-4-13(5-7-15)17(22)20-16(18(23)24)14-3-2-8-25-11-14/h4-7,9-10,14,16H,2-3,8,11H2,1H3,(H,20,22)(H,23,24). The number of carbonyl (C=O) groups excluding carboxylic acids is 1. The Morgan fingerprint density at radius 2 is 2.12 bits per heavy atom. The zero-order valence-electron chi connectivity index (χ0n) is 14.0. The summed E-state index contributed by atoms with van der Waals surface area (Å²) in [6.45, 7) is 2.95. The number of hydrogen-bond donors (Lipinski definition) is 2. The van der Waals surface area contributed by atoms with Crippen molar-refractivity contribution >= 4 is 11.9 Å². The van der Waals surface area contributed by atoms with E-state index in [9.17, 15) is 14.7 Å². The molecule has 1 aliphatic heterocycles. The summed E-state index contributed by atoms with van der Waals surface area (Å²) in [4.78, 5) is 23.9. The molecule has 2 N–H and O–H groups in total. The molecule has 1 amide bonds. The number of benzene rings is 1. The summed E-state index contributed by atoms with van der Waals surface area (Å²) < 4.78 is 7.06. The average molecular weight is 343 g/mol. The molecule has 1 aromatic carbocycles. The highest BCUT2D eigenvalue weighted by Crippen LogP contribution is 2.18. The Morgan fingerprint density at radius 1 is 1.36 bits per heavy atom. The quantitative estimate of drug-likeness (QED) is 0.863. The highest BCUT2D eigenvalue weighted by molar-refractivity contribution is 5.96. The van der Waals surface area contributed by atoms with Crippen LogP contribution in [0.4, 0.5) is 0 Å². The van der Waals surface area contributed by atoms with Gasteiger partial charge in [-0.2, -0.15) is 5.10 Å². The van der Waals surface area contributed by atoms with Crippen molar-refractivity contribution in [2.75, 3.05) is 13.2 Å². The molecule has 2 heterocycles. The number of aromatic nitrogens is 2. The van der Waals surface area contributed by atoms with E-state index in [0.29, 0.717) is 18.8 Å². The summed E-state index contributed by atoms with van der Waals surface area (Å²) in [6, 6.07) is 5.94. The predicted molar refractivity (Wildman–Crippen MR) is 90.7 cm³/mol. The largest absolute Gasteiger partial charge is 0.480 e. The first kappa shape index (κ1) is 17.2. The van der Waals surface area contributed by atoms with Gasteiger partial charge >= 0.3 is 5.97 Å². The SMILES string of the molecule is Cc1cnn(-c2ccc(C(=O)NC(C(=O)O)C3CCCOC3)cc2)c1. The third-order valence-electron chi connectivity index (χ3n) is 4.33. The predicted octanol–water partition coefficient (Wildman–Crippen LogP) is 1.79. The van der Waals surface area contributed by atoms with Crippen LogP contribution in [0.1, 0.15) is 28.8 Å². The van der Waals surface area contributed by atoms with Gasteiger partial charge in [-0.25, -0.2) is 9.48 Å². The van der Waals surface area contributed by atoms with E-state index in [1.165, 1.54) is 0 Å². The maximum absolute atomic E-state index is 12.4. The van der Waals surface area contributed by atoms with Gasteiger partial charge in [0.25, 0.3) is 5.91 Å². The van der Waals surface area contributed by atoms with Crippen LogP contribution in [-0.2, 0) is 9.53 Å². The topological polar surface area (TPSA) is 93.5 Å². The van der Waals surface area contributed by atoms with E-state index < -0.39 is 17.9 Å². The fourth-order valence-corrected chi connectivity index (χ4v) is 2.95. The van der Waals surface area contributed by atoms with Crippen molar-refractivity contribution in [1.29, 1.82) is 0 Å². The highest BCUT2D eigenvalue weighted by Gasteiger charge is 2.31. The van der Waals surface area contributed by atoms with Gasteiger partial charge in [-0.3, -0.25) is 4.79 Å². The Bertz CT molecular complexity index is 748. The smallest absolute Gasteiger partial charge is 0.326 e. The molecule has 0 aliphatic carbocycles. The molecule has 0 saturated carbocycles. The van der Waals surface area contributed by atoms with Crippen molar-refractivity contribution in [2.45, 2.75) is 25.8 Å². The minimum absolute atomic E-state index is 0.207. The zero-order valence-corrected chi connectivity index (χ0v) is 14.0. The van der Waals surface area contributed by atoms with E-state index in [1.54, 1.807) is 35.1 Å². The normalized spacial score (nSPS) is 18.5. The number of carboxylic acid groups (broad SMARTS) is 1. The Labute approximate surface area is 145 Å². The van der Waals surface area contributed by atoms with Crippen molar-refractivity contribution in [3.8, 4) is 5.69 Å². The van der Waals surface area contributed by atoms with Crippen molar-refractivity contribution in [3.05, 3.63) is 47.8 Å². The van der Waals surface area contributed by atoms with Gasteiger partial charge < -0.3 is 15.2 Å². The summed E-state index contributed by atoms with van der Waals surface area (Å²) in [7, 11) is 0. The lowest BCUT2D eigenvalue weighted by Gasteiger charge is -2.28. The first-order valence-electron chi connectivity index (χ1n) is 8.28. The van der Waals surface area contributed by atoms with E-state index in [0.717, 1.165) is 24.1 Å². The minimum Gasteiger partial charge on any atom is -0.480 e. The summed E-state index contributed by atoms with van der Waals surface area (Å²) >= 11 is 0. The second-order valence-corrected chi connectivity index (χ2v) is 6.28. The number of amides is 1. The van der Waals surface area contributed by atoms with Crippen LogP contribution in [0.15, 0.2) is 36.7 Å². The number of hydrogen-bond acceptors (Lipinski definition) is 4. The third-order valence-corrected chi connectivity index (χ3v) is 4.33. The van der Waals surface area contributed by atoms with Crippen molar-refractivity contribution in [3.63, 3.8) is 0 Å². The van der Waals surface area contributed by atoms with Crippen molar-refractivity contribution in [1.82, 2.24) is 15.1 Å². The second-order valence-electron chi connectivity index (χ2n) is 6.28. The molecule has 1 aliphatic rings. The van der Waals surface area contributed by atoms with Gasteiger partial charge in [0.2, 0.25) is 0 Å². The molecule has 0 bridgehead atoms. The van der Waals surface area contributed by atoms with Crippen LogP contribution >= 0.6 is 0 Å². The summed E-state index contributed by atoms with van der Waals surface area (Å²) in [6.07, 6.45) is 5.18. The lowest BCUT2D eigenvalue weighted by Crippen LogP contribution is -2.48. The van der Waals surface area contributed by atoms with Gasteiger partial charge in [0.1, 0.15) is 6.04 Å². The van der Waals surface area contributed by atoms with Gasteiger partial charge in [-0.1, -0.05) is 0 Å². The number of nitrogens with one attached hydrogen (secondary N) is 1. The molecular formula is C18H21N3O4. The van der Waals surface area contributed by atoms with E-state index in [4.69, 9.17) is 4.74 Å². The monoisotopic (exact) mass is 343 g/mol. The van der Waals surface area contributed by atoms with Crippen LogP contribution in [-0.4, -0.2) is 46.0 Å². The first-order chi connectivity index (χ1) is 12.0. The molecule has 132 valence electrons. The Kier molecular flexibility index (Phi) is 5.14. The van der Waals surface area contributed by atoms with Gasteiger partial charge in [0.05, 0.1) is 18.5 Å². The van der Waals surface area contributed by atoms with Crippen LogP contribution in [0.2, 0.25) is 0 Å². The first-order valence-corrected chi connectivity index (χ1v) is 8.28. The highest BCUT2D eigenvalue weighted by atomic mass is 16.5. The average Bonchev–Trinajstić information content (AvgIpc) is 3.06. The van der Waals surface area contributed by atoms with Crippen LogP contribution < -0.4 is 5.32 Å². The molecule has 2 aromatic rings. The number of rotatable bonds is 5. The van der Waals surface area contributed by atoms with Gasteiger partial charge in [0, 0.05) is 24.3 Å². The lowest BCUT2D eigenvalue weighted by molar-refractivity contribution is -0.142. The third kappa shape index (κ3) is 4.06. The van der Waals surface area contributed by atoms with Crippen molar-refractivity contribution in [2.24, 2.45) is 5.92 Å². The molecule has 0 radical (unpaired) electrons. The van der Waals surface area contributed by atoms with E-state index in [-0.39, 0.29) is 5.92 Å². The lowest BCUT2D eigenvalue weighted by atomic mass is 9.93. The molecule has 1 aromatic heterocycles. The summed E-state index contributed by atoms with van der Waals surface area (Å²) in [5.74, 6) is -1.64. The number of carbonyl (C=O) groups is 2. The maximum atomic E-state index is 12.4. The molecule has 3 rings (SSSR count). The fraction of sp³-hybridized carbons (Fsp3) is 0.389. The molecule has 0 spiro atoms. The molecular weight excluding hydrogens is 322 g/mol. The van der Waals surface area contributed by atoms with Crippen LogP contribution in [0, 0.1) is 12.8 Å². The minimum atomic E-state index is -1.03. The summed E-state index contributed by atoms with van der Waals surface area (Å²) in [5, 5.41) is 16.3. The van der Waals surface area contributed by atoms with Crippen LogP contribution in [0.5, 0.6) is 0 Å². The molecule has 1 fully saturated rings.